The summed E-state index contributed by atoms with van der Waals surface area (Å²) in [7, 11) is 0. The van der Waals surface area contributed by atoms with Gasteiger partial charge in [-0.1, -0.05) is 23.9 Å². The van der Waals surface area contributed by atoms with Crippen molar-refractivity contribution in [3.05, 3.63) is 74.9 Å². The Labute approximate surface area is 188 Å². The number of nitrogens with zero attached hydrogens (tertiary/aromatic N) is 3. The molecule has 1 atom stereocenters. The van der Waals surface area contributed by atoms with Crippen LogP contribution in [-0.2, 0) is 20.9 Å². The number of esters is 1. The molecule has 0 spiro atoms. The molecule has 2 aliphatic heterocycles. The summed E-state index contributed by atoms with van der Waals surface area (Å²) in [6, 6.07) is 9.17. The highest BCUT2D eigenvalue weighted by Crippen LogP contribution is 2.45. The number of aliphatic imine (C=N–C) groups is 1. The maximum absolute atomic E-state index is 12.8. The van der Waals surface area contributed by atoms with Crippen molar-refractivity contribution in [2.75, 3.05) is 6.61 Å². The normalized spacial score (nSPS) is 17.7. The molecule has 0 aromatic carbocycles. The molecule has 7 nitrogen and oxygen atoms in total. The Bertz CT molecular complexity index is 1060. The topological polar surface area (TPSA) is 83.9 Å². The van der Waals surface area contributed by atoms with E-state index in [4.69, 9.17) is 4.74 Å². The van der Waals surface area contributed by atoms with Gasteiger partial charge in [0.2, 0.25) is 5.91 Å². The molecule has 2 aliphatic rings. The second-order valence-corrected chi connectivity index (χ2v) is 8.72. The van der Waals surface area contributed by atoms with E-state index in [9.17, 15) is 9.59 Å². The second kappa shape index (κ2) is 9.49. The minimum Gasteiger partial charge on any atom is -0.463 e. The summed E-state index contributed by atoms with van der Waals surface area (Å²) in [5, 5.41) is 7.58. The van der Waals surface area contributed by atoms with Crippen molar-refractivity contribution in [2.45, 2.75) is 32.9 Å². The van der Waals surface area contributed by atoms with E-state index in [1.54, 1.807) is 24.5 Å². The molecule has 0 aliphatic carbocycles. The van der Waals surface area contributed by atoms with E-state index in [-0.39, 0.29) is 30.9 Å². The molecule has 0 fully saturated rings. The van der Waals surface area contributed by atoms with Crippen LogP contribution in [0.15, 0.2) is 69.3 Å². The van der Waals surface area contributed by atoms with Gasteiger partial charge in [0.05, 0.1) is 36.5 Å². The summed E-state index contributed by atoms with van der Waals surface area (Å²) in [6.45, 7) is 4.27. The third-order valence-electron chi connectivity index (χ3n) is 4.84. The number of nitrogens with one attached hydrogen (secondary N) is 1. The highest BCUT2D eigenvalue weighted by Gasteiger charge is 2.41. The van der Waals surface area contributed by atoms with Crippen molar-refractivity contribution in [1.29, 1.82) is 0 Å². The van der Waals surface area contributed by atoms with Gasteiger partial charge in [0.15, 0.2) is 5.17 Å². The lowest BCUT2D eigenvalue weighted by atomic mass is 9.99. The molecule has 1 N–H and O–H groups in total. The van der Waals surface area contributed by atoms with Gasteiger partial charge < -0.3 is 15.0 Å². The average molecular weight is 455 g/mol. The van der Waals surface area contributed by atoms with Crippen LogP contribution in [0.25, 0.3) is 0 Å². The number of thiophene rings is 1. The zero-order valence-electron chi connectivity index (χ0n) is 17.2. The van der Waals surface area contributed by atoms with Crippen LogP contribution in [0.2, 0.25) is 0 Å². The molecule has 1 amide bonds. The van der Waals surface area contributed by atoms with E-state index in [2.05, 4.69) is 15.3 Å². The van der Waals surface area contributed by atoms with Crippen LogP contribution in [0, 0.1) is 0 Å². The lowest BCUT2D eigenvalue weighted by Gasteiger charge is -2.35. The Morgan fingerprint density at radius 1 is 1.26 bits per heavy atom. The molecule has 2 aromatic heterocycles. The van der Waals surface area contributed by atoms with Crippen LogP contribution >= 0.6 is 23.1 Å². The fraction of sp³-hybridized carbons (Fsp3) is 0.273. The van der Waals surface area contributed by atoms with Crippen LogP contribution in [0.4, 0.5) is 0 Å². The highest BCUT2D eigenvalue weighted by molar-refractivity contribution is 8.16. The molecule has 0 radical (unpaired) electrons. The summed E-state index contributed by atoms with van der Waals surface area (Å²) in [6.07, 6.45) is 1.88. The quantitative estimate of drug-likeness (QED) is 0.637. The standard InChI is InChI=1S/C22H22N4O3S2/c1-3-29-21(28)19-14(2)25-22-26(20(19)17-8-6-10-30-17)16(13-31-22)11-18(27)24-12-15-7-4-5-9-23-15/h4-10,13,20H,3,11-12H2,1-2H3,(H,24,27). The van der Waals surface area contributed by atoms with Crippen molar-refractivity contribution in [3.8, 4) is 0 Å². The number of thioether (sulfide) groups is 1. The maximum atomic E-state index is 12.8. The number of ether oxygens (including phenoxy) is 1. The van der Waals surface area contributed by atoms with E-state index < -0.39 is 0 Å². The van der Waals surface area contributed by atoms with Gasteiger partial charge in [-0.3, -0.25) is 9.78 Å². The average Bonchev–Trinajstić information content (AvgIpc) is 3.43. The predicted octanol–water partition coefficient (Wildman–Crippen LogP) is 3.99. The molecule has 4 rings (SSSR count). The number of carbonyl (C=O) groups is 2. The van der Waals surface area contributed by atoms with E-state index in [1.807, 2.05) is 52.9 Å². The molecule has 0 saturated heterocycles. The monoisotopic (exact) mass is 454 g/mol. The van der Waals surface area contributed by atoms with E-state index >= 15 is 0 Å². The van der Waals surface area contributed by atoms with Crippen LogP contribution in [0.3, 0.4) is 0 Å². The van der Waals surface area contributed by atoms with Gasteiger partial charge >= 0.3 is 5.97 Å². The van der Waals surface area contributed by atoms with Gasteiger partial charge in [0.1, 0.15) is 6.04 Å². The Hall–Kier alpha value is -2.91. The fourth-order valence-electron chi connectivity index (χ4n) is 3.47. The van der Waals surface area contributed by atoms with E-state index in [1.165, 1.54) is 11.8 Å². The number of aromatic nitrogens is 1. The summed E-state index contributed by atoms with van der Waals surface area (Å²) >= 11 is 3.03. The molecule has 0 bridgehead atoms. The number of pyridine rings is 1. The van der Waals surface area contributed by atoms with Gasteiger partial charge in [0.25, 0.3) is 0 Å². The van der Waals surface area contributed by atoms with Crippen molar-refractivity contribution < 1.29 is 14.3 Å². The number of carbonyl (C=O) groups excluding carboxylic acids is 2. The van der Waals surface area contributed by atoms with Crippen LogP contribution in [-0.4, -0.2) is 33.5 Å². The summed E-state index contributed by atoms with van der Waals surface area (Å²) < 4.78 is 5.33. The van der Waals surface area contributed by atoms with Crippen molar-refractivity contribution in [1.82, 2.24) is 15.2 Å². The number of allylic oxidation sites excluding steroid dienone is 1. The summed E-state index contributed by atoms with van der Waals surface area (Å²) in [4.78, 5) is 37.3. The Balaban J connectivity index is 1.56. The number of hydrogen-bond donors (Lipinski definition) is 1. The molecular weight excluding hydrogens is 432 g/mol. The lowest BCUT2D eigenvalue weighted by molar-refractivity contribution is -0.139. The maximum Gasteiger partial charge on any atom is 0.338 e. The van der Waals surface area contributed by atoms with Crippen molar-refractivity contribution in [2.24, 2.45) is 4.99 Å². The first-order valence-electron chi connectivity index (χ1n) is 9.90. The molecule has 9 heteroatoms. The molecule has 0 saturated carbocycles. The first-order valence-corrected chi connectivity index (χ1v) is 11.7. The largest absolute Gasteiger partial charge is 0.463 e. The third-order valence-corrected chi connectivity index (χ3v) is 6.66. The van der Waals surface area contributed by atoms with Gasteiger partial charge in [0, 0.05) is 16.8 Å². The van der Waals surface area contributed by atoms with Gasteiger partial charge in [-0.05, 0) is 42.8 Å². The summed E-state index contributed by atoms with van der Waals surface area (Å²) in [5.74, 6) is -0.496. The number of amides is 1. The van der Waals surface area contributed by atoms with Gasteiger partial charge in [-0.2, -0.15) is 0 Å². The lowest BCUT2D eigenvalue weighted by Crippen LogP contribution is -2.37. The van der Waals surface area contributed by atoms with Crippen LogP contribution < -0.4 is 5.32 Å². The molecular formula is C22H22N4O3S2. The Morgan fingerprint density at radius 2 is 2.13 bits per heavy atom. The third kappa shape index (κ3) is 4.57. The minimum atomic E-state index is -0.378. The predicted molar refractivity (Wildman–Crippen MR) is 122 cm³/mol. The van der Waals surface area contributed by atoms with Crippen molar-refractivity contribution >= 4 is 40.1 Å². The highest BCUT2D eigenvalue weighted by atomic mass is 32.2. The zero-order chi connectivity index (χ0) is 21.8. The first kappa shape index (κ1) is 21.3. The Morgan fingerprint density at radius 3 is 2.84 bits per heavy atom. The van der Waals surface area contributed by atoms with Gasteiger partial charge in [-0.15, -0.1) is 11.3 Å². The number of hydrogen-bond acceptors (Lipinski definition) is 8. The van der Waals surface area contributed by atoms with Crippen LogP contribution in [0.1, 0.15) is 36.9 Å². The molecule has 31 heavy (non-hydrogen) atoms. The Kier molecular flexibility index (Phi) is 6.53. The minimum absolute atomic E-state index is 0.118. The SMILES string of the molecule is CCOC(=O)C1=C(C)N=C2SC=C(CC(=O)NCc3ccccn3)N2C1c1cccs1. The number of rotatable bonds is 7. The molecule has 1 unspecified atom stereocenters. The molecule has 2 aromatic rings. The number of amidine groups is 1. The second-order valence-electron chi connectivity index (χ2n) is 6.90. The van der Waals surface area contributed by atoms with E-state index in [0.717, 1.165) is 21.4 Å². The zero-order valence-corrected chi connectivity index (χ0v) is 18.8. The fourth-order valence-corrected chi connectivity index (χ4v) is 5.26. The van der Waals surface area contributed by atoms with Gasteiger partial charge in [-0.25, -0.2) is 9.79 Å². The summed E-state index contributed by atoms with van der Waals surface area (Å²) in [5.41, 5.74) is 2.75. The first-order chi connectivity index (χ1) is 15.1. The molecule has 4 heterocycles. The number of fused-ring (bicyclic) bond motifs is 1. The van der Waals surface area contributed by atoms with E-state index in [0.29, 0.717) is 17.8 Å². The molecule has 160 valence electrons. The smallest absolute Gasteiger partial charge is 0.338 e. The van der Waals surface area contributed by atoms with Crippen LogP contribution in [0.5, 0.6) is 0 Å². The van der Waals surface area contributed by atoms with Crippen molar-refractivity contribution in [3.63, 3.8) is 0 Å².